The van der Waals surface area contributed by atoms with Crippen molar-refractivity contribution in [3.8, 4) is 0 Å². The molecule has 3 atom stereocenters. The Morgan fingerprint density at radius 3 is 2.32 bits per heavy atom. The van der Waals surface area contributed by atoms with E-state index in [1.165, 1.54) is 0 Å². The SMILES string of the molecule is COC1CC(NC(=O)N[C@@H](C(=O)O)C(C)C)C1(C)C. The van der Waals surface area contributed by atoms with Gasteiger partial charge in [-0.25, -0.2) is 9.59 Å². The van der Waals surface area contributed by atoms with Crippen LogP contribution in [0.15, 0.2) is 0 Å². The van der Waals surface area contributed by atoms with Crippen molar-refractivity contribution in [2.24, 2.45) is 11.3 Å². The molecule has 1 rings (SSSR count). The highest BCUT2D eigenvalue weighted by Gasteiger charge is 2.49. The number of carboxylic acids is 1. The van der Waals surface area contributed by atoms with Gasteiger partial charge in [-0.1, -0.05) is 27.7 Å². The van der Waals surface area contributed by atoms with Crippen molar-refractivity contribution in [1.82, 2.24) is 10.6 Å². The Kier molecular flexibility index (Phi) is 4.79. The van der Waals surface area contributed by atoms with Gasteiger partial charge in [0.1, 0.15) is 6.04 Å². The summed E-state index contributed by atoms with van der Waals surface area (Å²) in [7, 11) is 1.65. The molecule has 110 valence electrons. The molecule has 1 aliphatic carbocycles. The maximum Gasteiger partial charge on any atom is 0.326 e. The van der Waals surface area contributed by atoms with Crippen LogP contribution in [-0.4, -0.2) is 42.4 Å². The lowest BCUT2D eigenvalue weighted by Gasteiger charge is -2.51. The molecule has 6 nitrogen and oxygen atoms in total. The van der Waals surface area contributed by atoms with E-state index in [4.69, 9.17) is 9.84 Å². The number of aliphatic carboxylic acids is 1. The summed E-state index contributed by atoms with van der Waals surface area (Å²) < 4.78 is 5.30. The van der Waals surface area contributed by atoms with Gasteiger partial charge >= 0.3 is 12.0 Å². The third-order valence-corrected chi connectivity index (χ3v) is 3.99. The molecule has 1 aliphatic rings. The zero-order chi connectivity index (χ0) is 14.8. The molecule has 0 spiro atoms. The average molecular weight is 272 g/mol. The Morgan fingerprint density at radius 2 is 1.95 bits per heavy atom. The third-order valence-electron chi connectivity index (χ3n) is 3.99. The Hall–Kier alpha value is -1.30. The van der Waals surface area contributed by atoms with E-state index >= 15 is 0 Å². The van der Waals surface area contributed by atoms with Crippen molar-refractivity contribution in [3.05, 3.63) is 0 Å². The Morgan fingerprint density at radius 1 is 1.37 bits per heavy atom. The van der Waals surface area contributed by atoms with Crippen molar-refractivity contribution in [2.75, 3.05) is 7.11 Å². The van der Waals surface area contributed by atoms with Crippen LogP contribution in [0.25, 0.3) is 0 Å². The van der Waals surface area contributed by atoms with Gasteiger partial charge in [0.15, 0.2) is 0 Å². The number of carboxylic acid groups (broad SMARTS) is 1. The average Bonchev–Trinajstić information content (AvgIpc) is 2.30. The molecule has 3 N–H and O–H groups in total. The normalized spacial score (nSPS) is 26.4. The van der Waals surface area contributed by atoms with Crippen molar-refractivity contribution < 1.29 is 19.4 Å². The molecule has 0 aromatic rings. The fraction of sp³-hybridized carbons (Fsp3) is 0.846. The van der Waals surface area contributed by atoms with Crippen LogP contribution in [-0.2, 0) is 9.53 Å². The summed E-state index contributed by atoms with van der Waals surface area (Å²) in [6.45, 7) is 7.56. The number of urea groups is 1. The van der Waals surface area contributed by atoms with Gasteiger partial charge < -0.3 is 20.5 Å². The van der Waals surface area contributed by atoms with Crippen molar-refractivity contribution >= 4 is 12.0 Å². The van der Waals surface area contributed by atoms with Crippen LogP contribution in [0.5, 0.6) is 0 Å². The summed E-state index contributed by atoms with van der Waals surface area (Å²) in [6.07, 6.45) is 0.870. The van der Waals surface area contributed by atoms with Crippen LogP contribution >= 0.6 is 0 Å². The topological polar surface area (TPSA) is 87.7 Å². The quantitative estimate of drug-likeness (QED) is 0.702. The number of nitrogens with one attached hydrogen (secondary N) is 2. The fourth-order valence-corrected chi connectivity index (χ4v) is 2.39. The fourth-order valence-electron chi connectivity index (χ4n) is 2.39. The second-order valence-electron chi connectivity index (χ2n) is 6.01. The zero-order valence-corrected chi connectivity index (χ0v) is 12.2. The minimum atomic E-state index is -1.02. The van der Waals surface area contributed by atoms with E-state index in [2.05, 4.69) is 10.6 Å². The van der Waals surface area contributed by atoms with Crippen LogP contribution in [0.2, 0.25) is 0 Å². The summed E-state index contributed by atoms with van der Waals surface area (Å²) >= 11 is 0. The smallest absolute Gasteiger partial charge is 0.326 e. The van der Waals surface area contributed by atoms with Crippen molar-refractivity contribution in [2.45, 2.75) is 52.3 Å². The van der Waals surface area contributed by atoms with Gasteiger partial charge in [-0.2, -0.15) is 0 Å². The highest BCUT2D eigenvalue weighted by molar-refractivity contribution is 5.82. The molecule has 19 heavy (non-hydrogen) atoms. The first-order valence-corrected chi connectivity index (χ1v) is 6.52. The molecule has 0 bridgehead atoms. The van der Waals surface area contributed by atoms with Gasteiger partial charge in [0, 0.05) is 18.6 Å². The lowest BCUT2D eigenvalue weighted by atomic mass is 9.64. The molecule has 2 amide bonds. The van der Waals surface area contributed by atoms with Gasteiger partial charge in [0.2, 0.25) is 0 Å². The number of amides is 2. The Labute approximate surface area is 113 Å². The van der Waals surface area contributed by atoms with E-state index in [1.807, 2.05) is 13.8 Å². The van der Waals surface area contributed by atoms with Gasteiger partial charge in [-0.3, -0.25) is 0 Å². The molecule has 0 aromatic carbocycles. The lowest BCUT2D eigenvalue weighted by molar-refractivity contribution is -0.140. The van der Waals surface area contributed by atoms with Gasteiger partial charge in [-0.15, -0.1) is 0 Å². The molecule has 0 aromatic heterocycles. The predicted molar refractivity (Wildman–Crippen MR) is 70.9 cm³/mol. The number of carbonyl (C=O) groups is 2. The lowest BCUT2D eigenvalue weighted by Crippen LogP contribution is -2.64. The molecule has 0 aliphatic heterocycles. The van der Waals surface area contributed by atoms with Crippen LogP contribution < -0.4 is 10.6 Å². The van der Waals surface area contributed by atoms with Crippen LogP contribution in [0.4, 0.5) is 4.79 Å². The van der Waals surface area contributed by atoms with Gasteiger partial charge in [0.05, 0.1) is 6.10 Å². The second kappa shape index (κ2) is 5.77. The Bertz CT molecular complexity index is 355. The largest absolute Gasteiger partial charge is 0.480 e. The number of carbonyl (C=O) groups excluding carboxylic acids is 1. The summed E-state index contributed by atoms with van der Waals surface area (Å²) in [5.74, 6) is -1.18. The van der Waals surface area contributed by atoms with Crippen molar-refractivity contribution in [3.63, 3.8) is 0 Å². The molecule has 1 fully saturated rings. The van der Waals surface area contributed by atoms with E-state index in [1.54, 1.807) is 21.0 Å². The van der Waals surface area contributed by atoms with E-state index in [0.717, 1.165) is 6.42 Å². The first-order valence-electron chi connectivity index (χ1n) is 6.52. The molecule has 0 radical (unpaired) electrons. The number of hydrogen-bond donors (Lipinski definition) is 3. The highest BCUT2D eigenvalue weighted by Crippen LogP contribution is 2.42. The monoisotopic (exact) mass is 272 g/mol. The molecule has 0 heterocycles. The standard InChI is InChI=1S/C13H24N2O4/c1-7(2)10(11(16)17)15-12(18)14-8-6-9(19-5)13(8,3)4/h7-10H,6H2,1-5H3,(H,16,17)(H2,14,15,18)/t8?,9?,10-/m1/s1. The number of hydrogen-bond acceptors (Lipinski definition) is 3. The first kappa shape index (κ1) is 15.8. The second-order valence-corrected chi connectivity index (χ2v) is 6.01. The maximum absolute atomic E-state index is 11.8. The van der Waals surface area contributed by atoms with E-state index in [9.17, 15) is 9.59 Å². The number of ether oxygens (including phenoxy) is 1. The van der Waals surface area contributed by atoms with E-state index in [0.29, 0.717) is 0 Å². The van der Waals surface area contributed by atoms with Crippen LogP contribution in [0.3, 0.4) is 0 Å². The third kappa shape index (κ3) is 3.37. The van der Waals surface area contributed by atoms with Crippen LogP contribution in [0, 0.1) is 11.3 Å². The zero-order valence-electron chi connectivity index (χ0n) is 12.2. The van der Waals surface area contributed by atoms with E-state index in [-0.39, 0.29) is 23.5 Å². The molecule has 2 unspecified atom stereocenters. The number of methoxy groups -OCH3 is 1. The minimum Gasteiger partial charge on any atom is -0.480 e. The maximum atomic E-state index is 11.8. The molecule has 0 saturated heterocycles. The van der Waals surface area contributed by atoms with Gasteiger partial charge in [0.25, 0.3) is 0 Å². The predicted octanol–water partition coefficient (Wildman–Crippen LogP) is 1.21. The summed E-state index contributed by atoms with van der Waals surface area (Å²) in [6, 6.07) is -1.31. The molecular weight excluding hydrogens is 248 g/mol. The summed E-state index contributed by atoms with van der Waals surface area (Å²) in [5.41, 5.74) is -0.136. The summed E-state index contributed by atoms with van der Waals surface area (Å²) in [5, 5.41) is 14.3. The molecule has 1 saturated carbocycles. The molecular formula is C13H24N2O4. The molecule has 6 heteroatoms. The minimum absolute atomic E-state index is 0.000873. The number of rotatable bonds is 5. The summed E-state index contributed by atoms with van der Waals surface area (Å²) in [4.78, 5) is 22.8. The van der Waals surface area contributed by atoms with E-state index < -0.39 is 18.0 Å². The van der Waals surface area contributed by atoms with Crippen LogP contribution in [0.1, 0.15) is 34.1 Å². The first-order chi connectivity index (χ1) is 8.70. The van der Waals surface area contributed by atoms with Gasteiger partial charge in [-0.05, 0) is 12.3 Å². The van der Waals surface area contributed by atoms with Crippen molar-refractivity contribution in [1.29, 1.82) is 0 Å². The Balaban J connectivity index is 2.51. The highest BCUT2D eigenvalue weighted by atomic mass is 16.5.